The van der Waals surface area contributed by atoms with Crippen LogP contribution in [0.2, 0.25) is 0 Å². The van der Waals surface area contributed by atoms with E-state index in [1.807, 2.05) is 0 Å². The zero-order chi connectivity index (χ0) is 8.91. The zero-order valence-corrected chi connectivity index (χ0v) is 7.19. The summed E-state index contributed by atoms with van der Waals surface area (Å²) < 4.78 is 21.2. The Morgan fingerprint density at radius 1 is 1.73 bits per heavy atom. The summed E-state index contributed by atoms with van der Waals surface area (Å²) in [6.45, 7) is 2.18. The molecule has 1 atom stereocenters. The maximum absolute atomic E-state index is 10.6. The van der Waals surface area contributed by atoms with E-state index in [9.17, 15) is 8.42 Å². The Kier molecular flexibility index (Phi) is 4.11. The molecule has 0 aromatic heterocycles. The fourth-order valence-electron chi connectivity index (χ4n) is 0.464. The lowest BCUT2D eigenvalue weighted by atomic mass is 10.4. The van der Waals surface area contributed by atoms with Crippen LogP contribution in [0, 0.1) is 12.3 Å². The van der Waals surface area contributed by atoms with Gasteiger partial charge in [0.15, 0.2) is 0 Å². The molecule has 0 saturated heterocycles. The molecule has 0 aromatic rings. The molecule has 11 heavy (non-hydrogen) atoms. The number of hydrogen-bond donors (Lipinski definition) is 2. The standard InChI is InChI=1S/C6H12N2O2S/c1-3-4-8-5-6(2)11(7,9)10/h1,6,8H,4-5H2,2H3,(H2,7,9,10). The van der Waals surface area contributed by atoms with Crippen molar-refractivity contribution in [2.45, 2.75) is 12.2 Å². The predicted octanol–water partition coefficient (Wildman–Crippen LogP) is -1.11. The Morgan fingerprint density at radius 3 is 2.64 bits per heavy atom. The van der Waals surface area contributed by atoms with Gasteiger partial charge in [0, 0.05) is 6.54 Å². The summed E-state index contributed by atoms with van der Waals surface area (Å²) in [5, 5.41) is 7.00. The van der Waals surface area contributed by atoms with Crippen LogP contribution in [0.25, 0.3) is 0 Å². The molecule has 0 aromatic carbocycles. The lowest BCUT2D eigenvalue weighted by Crippen LogP contribution is -2.35. The Bertz CT molecular complexity index is 240. The van der Waals surface area contributed by atoms with Gasteiger partial charge < -0.3 is 5.32 Å². The number of primary sulfonamides is 1. The smallest absolute Gasteiger partial charge is 0.212 e. The largest absolute Gasteiger partial charge is 0.305 e. The van der Waals surface area contributed by atoms with Crippen molar-refractivity contribution < 1.29 is 8.42 Å². The van der Waals surface area contributed by atoms with Crippen LogP contribution in [-0.2, 0) is 10.0 Å². The second-order valence-corrected chi connectivity index (χ2v) is 4.22. The SMILES string of the molecule is C#CCNCC(C)S(N)(=O)=O. The van der Waals surface area contributed by atoms with Crippen LogP contribution in [0.3, 0.4) is 0 Å². The molecule has 3 N–H and O–H groups in total. The van der Waals surface area contributed by atoms with Crippen molar-refractivity contribution in [3.63, 3.8) is 0 Å². The van der Waals surface area contributed by atoms with Crippen LogP contribution in [0.5, 0.6) is 0 Å². The summed E-state index contributed by atoms with van der Waals surface area (Å²) in [4.78, 5) is 0. The molecule has 1 unspecified atom stereocenters. The van der Waals surface area contributed by atoms with E-state index in [2.05, 4.69) is 11.2 Å². The van der Waals surface area contributed by atoms with E-state index in [-0.39, 0.29) is 0 Å². The first-order valence-corrected chi connectivity index (χ1v) is 4.75. The molecular weight excluding hydrogens is 164 g/mol. The zero-order valence-electron chi connectivity index (χ0n) is 6.37. The van der Waals surface area contributed by atoms with Gasteiger partial charge in [-0.2, -0.15) is 0 Å². The van der Waals surface area contributed by atoms with Crippen molar-refractivity contribution in [3.8, 4) is 12.3 Å². The van der Waals surface area contributed by atoms with Gasteiger partial charge >= 0.3 is 0 Å². The molecule has 64 valence electrons. The molecule has 0 aliphatic heterocycles. The van der Waals surface area contributed by atoms with Crippen molar-refractivity contribution >= 4 is 10.0 Å². The molecule has 0 aliphatic rings. The van der Waals surface area contributed by atoms with Crippen LogP contribution in [0.15, 0.2) is 0 Å². The minimum absolute atomic E-state index is 0.295. The van der Waals surface area contributed by atoms with Crippen molar-refractivity contribution in [2.75, 3.05) is 13.1 Å². The highest BCUT2D eigenvalue weighted by molar-refractivity contribution is 7.89. The molecule has 0 fully saturated rings. The molecule has 5 heteroatoms. The Balaban J connectivity index is 3.73. The van der Waals surface area contributed by atoms with Crippen molar-refractivity contribution in [1.29, 1.82) is 0 Å². The molecule has 0 rings (SSSR count). The fraction of sp³-hybridized carbons (Fsp3) is 0.667. The van der Waals surface area contributed by atoms with Gasteiger partial charge in [0.25, 0.3) is 0 Å². The van der Waals surface area contributed by atoms with E-state index < -0.39 is 15.3 Å². The first-order chi connectivity index (χ1) is 4.98. The number of nitrogens with one attached hydrogen (secondary N) is 1. The van der Waals surface area contributed by atoms with E-state index in [1.54, 1.807) is 0 Å². The lowest BCUT2D eigenvalue weighted by molar-refractivity contribution is 0.578. The van der Waals surface area contributed by atoms with Crippen LogP contribution in [0.1, 0.15) is 6.92 Å². The monoisotopic (exact) mass is 176 g/mol. The quantitative estimate of drug-likeness (QED) is 0.421. The Morgan fingerprint density at radius 2 is 2.27 bits per heavy atom. The highest BCUT2D eigenvalue weighted by Crippen LogP contribution is 1.90. The van der Waals surface area contributed by atoms with Crippen LogP contribution in [-0.4, -0.2) is 26.8 Å². The minimum Gasteiger partial charge on any atom is -0.305 e. The molecule has 0 saturated carbocycles. The average Bonchev–Trinajstić information content (AvgIpc) is 1.86. The second kappa shape index (κ2) is 4.34. The predicted molar refractivity (Wildman–Crippen MR) is 44.3 cm³/mol. The summed E-state index contributed by atoms with van der Waals surface area (Å²) >= 11 is 0. The van der Waals surface area contributed by atoms with Gasteiger partial charge in [0.2, 0.25) is 10.0 Å². The van der Waals surface area contributed by atoms with Crippen molar-refractivity contribution in [1.82, 2.24) is 5.32 Å². The van der Waals surface area contributed by atoms with Gasteiger partial charge in [0.1, 0.15) is 0 Å². The minimum atomic E-state index is -3.41. The molecule has 0 aliphatic carbocycles. The molecule has 4 nitrogen and oxygen atoms in total. The topological polar surface area (TPSA) is 72.2 Å². The third-order valence-corrected chi connectivity index (χ3v) is 2.51. The number of rotatable bonds is 4. The normalized spacial score (nSPS) is 13.9. The highest BCUT2D eigenvalue weighted by Gasteiger charge is 2.13. The van der Waals surface area contributed by atoms with E-state index in [0.717, 1.165) is 0 Å². The van der Waals surface area contributed by atoms with Gasteiger partial charge in [-0.05, 0) is 6.92 Å². The molecule has 0 amide bonds. The number of terminal acetylenes is 1. The van der Waals surface area contributed by atoms with Gasteiger partial charge in [-0.25, -0.2) is 13.6 Å². The summed E-state index contributed by atoms with van der Waals surface area (Å²) in [5.41, 5.74) is 0. The first kappa shape index (κ1) is 10.4. The van der Waals surface area contributed by atoms with Crippen molar-refractivity contribution in [2.24, 2.45) is 5.14 Å². The molecule has 0 bridgehead atoms. The van der Waals surface area contributed by atoms with Gasteiger partial charge in [-0.1, -0.05) is 5.92 Å². The summed E-state index contributed by atoms with van der Waals surface area (Å²) in [6, 6.07) is 0. The maximum Gasteiger partial charge on any atom is 0.212 e. The number of nitrogens with two attached hydrogens (primary N) is 1. The van der Waals surface area contributed by atoms with E-state index >= 15 is 0 Å². The highest BCUT2D eigenvalue weighted by atomic mass is 32.2. The summed E-state index contributed by atoms with van der Waals surface area (Å²) in [6.07, 6.45) is 4.93. The van der Waals surface area contributed by atoms with Crippen LogP contribution < -0.4 is 10.5 Å². The fourth-order valence-corrected chi connectivity index (χ4v) is 0.814. The third kappa shape index (κ3) is 4.79. The lowest BCUT2D eigenvalue weighted by Gasteiger charge is -2.07. The third-order valence-electron chi connectivity index (χ3n) is 1.22. The molecule has 0 radical (unpaired) electrons. The van der Waals surface area contributed by atoms with Gasteiger partial charge in [-0.15, -0.1) is 6.42 Å². The summed E-state index contributed by atoms with van der Waals surface area (Å²) in [5.74, 6) is 2.33. The molecule has 0 spiro atoms. The van der Waals surface area contributed by atoms with Crippen molar-refractivity contribution in [3.05, 3.63) is 0 Å². The molecular formula is C6H12N2O2S. The van der Waals surface area contributed by atoms with Crippen LogP contribution in [0.4, 0.5) is 0 Å². The van der Waals surface area contributed by atoms with E-state index in [0.29, 0.717) is 13.1 Å². The first-order valence-electron chi connectivity index (χ1n) is 3.14. The average molecular weight is 176 g/mol. The maximum atomic E-state index is 10.6. The number of hydrogen-bond acceptors (Lipinski definition) is 3. The van der Waals surface area contributed by atoms with Crippen LogP contribution >= 0.6 is 0 Å². The summed E-state index contributed by atoms with van der Waals surface area (Å²) in [7, 11) is -3.41. The Hall–Kier alpha value is -0.570. The Labute approximate surface area is 67.2 Å². The van der Waals surface area contributed by atoms with E-state index in [1.165, 1.54) is 6.92 Å². The second-order valence-electron chi connectivity index (χ2n) is 2.23. The van der Waals surface area contributed by atoms with E-state index in [4.69, 9.17) is 11.6 Å². The van der Waals surface area contributed by atoms with Gasteiger partial charge in [0.05, 0.1) is 11.8 Å². The molecule has 0 heterocycles. The van der Waals surface area contributed by atoms with Gasteiger partial charge in [-0.3, -0.25) is 0 Å². The number of sulfonamides is 1.